The summed E-state index contributed by atoms with van der Waals surface area (Å²) >= 11 is 6.17. The second-order valence-electron chi connectivity index (χ2n) is 7.46. The third-order valence-electron chi connectivity index (χ3n) is 5.14. The molecule has 3 rings (SSSR count). The zero-order valence-electron chi connectivity index (χ0n) is 16.7. The van der Waals surface area contributed by atoms with Crippen LogP contribution in [-0.2, 0) is 16.4 Å². The van der Waals surface area contributed by atoms with E-state index in [0.29, 0.717) is 25.2 Å². The third-order valence-corrected chi connectivity index (χ3v) is 7.52. The Morgan fingerprint density at radius 2 is 1.86 bits per heavy atom. The van der Waals surface area contributed by atoms with Gasteiger partial charge >= 0.3 is 0 Å². The first-order chi connectivity index (χ1) is 13.9. The highest BCUT2D eigenvalue weighted by atomic mass is 35.5. The van der Waals surface area contributed by atoms with Crippen LogP contribution in [0.25, 0.3) is 0 Å². The van der Waals surface area contributed by atoms with Crippen LogP contribution in [0.3, 0.4) is 0 Å². The van der Waals surface area contributed by atoms with Crippen molar-refractivity contribution in [1.82, 2.24) is 9.62 Å². The zero-order chi connectivity index (χ0) is 20.9. The van der Waals surface area contributed by atoms with Crippen LogP contribution in [0.1, 0.15) is 47.2 Å². The molecule has 1 N–H and O–H groups in total. The zero-order valence-corrected chi connectivity index (χ0v) is 18.2. The lowest BCUT2D eigenvalue weighted by atomic mass is 10.1. The molecule has 1 aliphatic rings. The van der Waals surface area contributed by atoms with Gasteiger partial charge in [-0.3, -0.25) is 4.79 Å². The molecular weight excluding hydrogens is 408 g/mol. The van der Waals surface area contributed by atoms with E-state index in [-0.39, 0.29) is 15.8 Å². The number of aryl methyl sites for hydroxylation is 2. The molecule has 1 heterocycles. The lowest BCUT2D eigenvalue weighted by molar-refractivity contribution is 0.0953. The summed E-state index contributed by atoms with van der Waals surface area (Å²) in [4.78, 5) is 12.5. The molecular formula is C22H27ClN2O3S. The smallest absolute Gasteiger partial charge is 0.251 e. The van der Waals surface area contributed by atoms with E-state index >= 15 is 0 Å². The number of nitrogens with zero attached hydrogens (tertiary/aromatic N) is 1. The molecule has 0 atom stereocenters. The molecule has 0 saturated carbocycles. The highest BCUT2D eigenvalue weighted by Crippen LogP contribution is 2.27. The van der Waals surface area contributed by atoms with Crippen molar-refractivity contribution < 1.29 is 13.2 Å². The van der Waals surface area contributed by atoms with Gasteiger partial charge in [-0.05, 0) is 56.4 Å². The summed E-state index contributed by atoms with van der Waals surface area (Å²) < 4.78 is 27.3. The molecule has 1 amide bonds. The first-order valence-corrected chi connectivity index (χ1v) is 11.8. The maximum absolute atomic E-state index is 12.9. The minimum Gasteiger partial charge on any atom is -0.352 e. The SMILES string of the molecule is Cc1cccc(CCCNC(=O)c2ccc(Cl)c(S(=O)(=O)N3CCCCC3)c2)c1. The van der Waals surface area contributed by atoms with Crippen LogP contribution in [0.5, 0.6) is 0 Å². The Morgan fingerprint density at radius 1 is 1.10 bits per heavy atom. The monoisotopic (exact) mass is 434 g/mol. The molecule has 1 saturated heterocycles. The van der Waals surface area contributed by atoms with Gasteiger partial charge in [0.1, 0.15) is 4.90 Å². The van der Waals surface area contributed by atoms with Crippen LogP contribution in [0.2, 0.25) is 5.02 Å². The molecule has 0 spiro atoms. The van der Waals surface area contributed by atoms with Crippen LogP contribution in [0.4, 0.5) is 0 Å². The Kier molecular flexibility index (Phi) is 7.33. The summed E-state index contributed by atoms with van der Waals surface area (Å²) in [6, 6.07) is 12.7. The molecule has 0 aliphatic carbocycles. The fraction of sp³-hybridized carbons (Fsp3) is 0.409. The number of carbonyl (C=O) groups excluding carboxylic acids is 1. The number of piperidine rings is 1. The van der Waals surface area contributed by atoms with Crippen molar-refractivity contribution in [2.45, 2.75) is 43.9 Å². The predicted molar refractivity (Wildman–Crippen MR) is 116 cm³/mol. The number of amides is 1. The van der Waals surface area contributed by atoms with Gasteiger partial charge in [-0.2, -0.15) is 4.31 Å². The molecule has 2 aromatic rings. The predicted octanol–water partition coefficient (Wildman–Crippen LogP) is 4.19. The van der Waals surface area contributed by atoms with Crippen LogP contribution < -0.4 is 5.32 Å². The molecule has 5 nitrogen and oxygen atoms in total. The van der Waals surface area contributed by atoms with Gasteiger partial charge in [0.2, 0.25) is 10.0 Å². The summed E-state index contributed by atoms with van der Waals surface area (Å²) in [5.41, 5.74) is 2.76. The fourth-order valence-electron chi connectivity index (χ4n) is 3.55. The normalized spacial score (nSPS) is 15.2. The number of halogens is 1. The Hall–Kier alpha value is -1.89. The van der Waals surface area contributed by atoms with Crippen LogP contribution >= 0.6 is 11.6 Å². The first-order valence-electron chi connectivity index (χ1n) is 10.0. The molecule has 0 bridgehead atoms. The minimum absolute atomic E-state index is 0.00785. The second-order valence-corrected chi connectivity index (χ2v) is 9.77. The maximum Gasteiger partial charge on any atom is 0.251 e. The van der Waals surface area contributed by atoms with Gasteiger partial charge in [0.05, 0.1) is 5.02 Å². The Morgan fingerprint density at radius 3 is 2.59 bits per heavy atom. The Labute approximate surface area is 178 Å². The molecule has 1 fully saturated rings. The van der Waals surface area contributed by atoms with E-state index in [1.807, 2.05) is 6.07 Å². The van der Waals surface area contributed by atoms with Gasteiger partial charge in [-0.25, -0.2) is 8.42 Å². The number of sulfonamides is 1. The van der Waals surface area contributed by atoms with E-state index in [0.717, 1.165) is 32.1 Å². The molecule has 0 unspecified atom stereocenters. The average molecular weight is 435 g/mol. The maximum atomic E-state index is 12.9. The third kappa shape index (κ3) is 5.59. The van der Waals surface area contributed by atoms with E-state index < -0.39 is 10.0 Å². The standard InChI is InChI=1S/C22H27ClN2O3S/c1-17-7-5-8-18(15-17)9-6-12-24-22(26)19-10-11-20(23)21(16-19)29(27,28)25-13-3-2-4-14-25/h5,7-8,10-11,15-16H,2-4,6,9,12-14H2,1H3,(H,24,26). The molecule has 1 aliphatic heterocycles. The van der Waals surface area contributed by atoms with Gasteiger partial charge in [-0.15, -0.1) is 0 Å². The number of rotatable bonds is 7. The van der Waals surface area contributed by atoms with Crippen molar-refractivity contribution >= 4 is 27.5 Å². The summed E-state index contributed by atoms with van der Waals surface area (Å²) in [5, 5.41) is 3.02. The highest BCUT2D eigenvalue weighted by molar-refractivity contribution is 7.89. The summed E-state index contributed by atoms with van der Waals surface area (Å²) in [5.74, 6) is -0.291. The van der Waals surface area contributed by atoms with Gasteiger partial charge in [0.25, 0.3) is 5.91 Å². The molecule has 7 heteroatoms. The first kappa shape index (κ1) is 21.8. The average Bonchev–Trinajstić information content (AvgIpc) is 2.72. The Balaban J connectivity index is 1.63. The van der Waals surface area contributed by atoms with Crippen LogP contribution in [-0.4, -0.2) is 38.3 Å². The largest absolute Gasteiger partial charge is 0.352 e. The van der Waals surface area contributed by atoms with Crippen LogP contribution in [0, 0.1) is 6.92 Å². The van der Waals surface area contributed by atoms with E-state index in [9.17, 15) is 13.2 Å². The lowest BCUT2D eigenvalue weighted by Crippen LogP contribution is -2.36. The van der Waals surface area contributed by atoms with Crippen molar-refractivity contribution in [1.29, 1.82) is 0 Å². The minimum atomic E-state index is -3.69. The topological polar surface area (TPSA) is 66.5 Å². The van der Waals surface area contributed by atoms with E-state index in [1.54, 1.807) is 6.07 Å². The molecule has 2 aromatic carbocycles. The molecule has 29 heavy (non-hydrogen) atoms. The quantitative estimate of drug-likeness (QED) is 0.664. The molecule has 0 radical (unpaired) electrons. The van der Waals surface area contributed by atoms with Crippen molar-refractivity contribution in [3.05, 3.63) is 64.2 Å². The van der Waals surface area contributed by atoms with Crippen molar-refractivity contribution in [3.8, 4) is 0 Å². The van der Waals surface area contributed by atoms with Gasteiger partial charge in [0, 0.05) is 25.2 Å². The summed E-state index contributed by atoms with van der Waals surface area (Å²) in [6.07, 6.45) is 4.40. The molecule has 0 aromatic heterocycles. The lowest BCUT2D eigenvalue weighted by Gasteiger charge is -2.26. The number of hydrogen-bond donors (Lipinski definition) is 1. The van der Waals surface area contributed by atoms with Gasteiger partial charge in [0.15, 0.2) is 0 Å². The van der Waals surface area contributed by atoms with Crippen LogP contribution in [0.15, 0.2) is 47.4 Å². The van der Waals surface area contributed by atoms with Crippen molar-refractivity contribution in [3.63, 3.8) is 0 Å². The number of nitrogens with one attached hydrogen (secondary N) is 1. The van der Waals surface area contributed by atoms with E-state index in [1.165, 1.54) is 27.6 Å². The Bertz CT molecular complexity index is 970. The van der Waals surface area contributed by atoms with Crippen molar-refractivity contribution in [2.24, 2.45) is 0 Å². The highest BCUT2D eigenvalue weighted by Gasteiger charge is 2.28. The number of carbonyl (C=O) groups is 1. The van der Waals surface area contributed by atoms with Gasteiger partial charge in [-0.1, -0.05) is 47.9 Å². The fourth-order valence-corrected chi connectivity index (χ4v) is 5.57. The number of benzene rings is 2. The van der Waals surface area contributed by atoms with E-state index in [2.05, 4.69) is 30.4 Å². The van der Waals surface area contributed by atoms with Crippen molar-refractivity contribution in [2.75, 3.05) is 19.6 Å². The second kappa shape index (κ2) is 9.74. The number of hydrogen-bond acceptors (Lipinski definition) is 3. The molecule has 156 valence electrons. The summed E-state index contributed by atoms with van der Waals surface area (Å²) in [6.45, 7) is 3.56. The summed E-state index contributed by atoms with van der Waals surface area (Å²) in [7, 11) is -3.69. The van der Waals surface area contributed by atoms with Gasteiger partial charge < -0.3 is 5.32 Å². The van der Waals surface area contributed by atoms with E-state index in [4.69, 9.17) is 11.6 Å².